The lowest BCUT2D eigenvalue weighted by Gasteiger charge is -2.34. The summed E-state index contributed by atoms with van der Waals surface area (Å²) < 4.78 is 5.97. The Labute approximate surface area is 192 Å². The van der Waals surface area contributed by atoms with Crippen molar-refractivity contribution in [2.75, 3.05) is 31.6 Å². The zero-order valence-electron chi connectivity index (χ0n) is 17.6. The Bertz CT molecular complexity index is 743. The largest absolute Gasteiger partial charge is 0.489 e. The van der Waals surface area contributed by atoms with E-state index in [9.17, 15) is 0 Å². The fourth-order valence-electron chi connectivity index (χ4n) is 3.44. The number of anilines is 1. The van der Waals surface area contributed by atoms with Gasteiger partial charge in [-0.05, 0) is 51.0 Å². The fraction of sp³-hybridized carbons (Fsp3) is 0.435. The van der Waals surface area contributed by atoms with Gasteiger partial charge in [0.2, 0.25) is 0 Å². The molecule has 2 aromatic carbocycles. The van der Waals surface area contributed by atoms with Crippen molar-refractivity contribution in [3.63, 3.8) is 0 Å². The van der Waals surface area contributed by atoms with Crippen LogP contribution in [0.1, 0.15) is 25.3 Å². The third kappa shape index (κ3) is 7.42. The van der Waals surface area contributed by atoms with Crippen LogP contribution in [0.5, 0.6) is 5.75 Å². The van der Waals surface area contributed by atoms with E-state index in [4.69, 9.17) is 4.74 Å². The molecule has 1 heterocycles. The van der Waals surface area contributed by atoms with Gasteiger partial charge in [-0.25, -0.2) is 0 Å². The predicted molar refractivity (Wildman–Crippen MR) is 133 cm³/mol. The van der Waals surface area contributed by atoms with Crippen molar-refractivity contribution in [2.24, 2.45) is 4.99 Å². The Kier molecular flexibility index (Phi) is 9.57. The Balaban J connectivity index is 0.00000300. The zero-order chi connectivity index (χ0) is 19.8. The van der Waals surface area contributed by atoms with Crippen molar-refractivity contribution in [3.8, 4) is 5.75 Å². The first kappa shape index (κ1) is 23.3. The number of halogens is 1. The van der Waals surface area contributed by atoms with Crippen LogP contribution in [0.4, 0.5) is 5.69 Å². The van der Waals surface area contributed by atoms with Crippen LogP contribution in [0.25, 0.3) is 0 Å². The molecule has 158 valence electrons. The highest BCUT2D eigenvalue weighted by atomic mass is 127. The molecule has 6 heteroatoms. The number of hydrogen-bond acceptors (Lipinski definition) is 3. The molecular weight excluding hydrogens is 475 g/mol. The van der Waals surface area contributed by atoms with Crippen molar-refractivity contribution < 1.29 is 4.74 Å². The molecule has 2 N–H and O–H groups in total. The van der Waals surface area contributed by atoms with Gasteiger partial charge in [-0.2, -0.15) is 0 Å². The van der Waals surface area contributed by atoms with Gasteiger partial charge >= 0.3 is 0 Å². The Morgan fingerprint density at radius 1 is 1.10 bits per heavy atom. The van der Waals surface area contributed by atoms with Gasteiger partial charge in [0, 0.05) is 31.9 Å². The minimum absolute atomic E-state index is 0. The molecule has 3 rings (SSSR count). The number of rotatable bonds is 6. The van der Waals surface area contributed by atoms with E-state index in [1.807, 2.05) is 19.2 Å². The maximum atomic E-state index is 5.97. The zero-order valence-corrected chi connectivity index (χ0v) is 19.9. The molecule has 29 heavy (non-hydrogen) atoms. The van der Waals surface area contributed by atoms with E-state index in [-0.39, 0.29) is 30.1 Å². The van der Waals surface area contributed by atoms with Crippen LogP contribution in [0.2, 0.25) is 0 Å². The molecule has 1 unspecified atom stereocenters. The van der Waals surface area contributed by atoms with E-state index < -0.39 is 0 Å². The number of guanidine groups is 1. The van der Waals surface area contributed by atoms with Crippen molar-refractivity contribution in [2.45, 2.75) is 38.8 Å². The lowest BCUT2D eigenvalue weighted by molar-refractivity contribution is 0.223. The van der Waals surface area contributed by atoms with Gasteiger partial charge < -0.3 is 20.3 Å². The molecule has 5 nitrogen and oxygen atoms in total. The first-order valence-electron chi connectivity index (χ1n) is 10.1. The van der Waals surface area contributed by atoms with Crippen LogP contribution in [0.3, 0.4) is 0 Å². The normalized spacial score (nSPS) is 16.0. The SMILES string of the molecule is CN=C(NCC(C)Oc1ccc(C)cc1)NC1CCN(c2ccccc2)CC1.I. The fourth-order valence-corrected chi connectivity index (χ4v) is 3.44. The molecule has 1 atom stereocenters. The Hall–Kier alpha value is -1.96. The van der Waals surface area contributed by atoms with Crippen LogP contribution >= 0.6 is 24.0 Å². The molecule has 0 saturated carbocycles. The standard InChI is InChI=1S/C23H32N4O.HI/c1-18-9-11-22(12-10-18)28-19(2)17-25-23(24-3)26-20-13-15-27(16-14-20)21-7-5-4-6-8-21;/h4-12,19-20H,13-17H2,1-3H3,(H2,24,25,26);1H. The summed E-state index contributed by atoms with van der Waals surface area (Å²) in [5.74, 6) is 1.74. The quantitative estimate of drug-likeness (QED) is 0.349. The van der Waals surface area contributed by atoms with Crippen LogP contribution in [0, 0.1) is 6.92 Å². The molecule has 0 radical (unpaired) electrons. The summed E-state index contributed by atoms with van der Waals surface area (Å²) in [5, 5.41) is 6.95. The van der Waals surface area contributed by atoms with Gasteiger partial charge in [-0.15, -0.1) is 24.0 Å². The molecule has 0 aromatic heterocycles. The summed E-state index contributed by atoms with van der Waals surface area (Å²) >= 11 is 0. The molecule has 0 spiro atoms. The summed E-state index contributed by atoms with van der Waals surface area (Å²) in [5.41, 5.74) is 2.55. The highest BCUT2D eigenvalue weighted by molar-refractivity contribution is 14.0. The summed E-state index contributed by atoms with van der Waals surface area (Å²) in [6.07, 6.45) is 2.26. The van der Waals surface area contributed by atoms with Crippen molar-refractivity contribution in [1.29, 1.82) is 0 Å². The van der Waals surface area contributed by atoms with Gasteiger partial charge in [-0.3, -0.25) is 4.99 Å². The van der Waals surface area contributed by atoms with Gasteiger partial charge in [-0.1, -0.05) is 35.9 Å². The van der Waals surface area contributed by atoms with E-state index in [2.05, 4.69) is 76.8 Å². The number of hydrogen-bond donors (Lipinski definition) is 2. The van der Waals surface area contributed by atoms with Gasteiger partial charge in [0.05, 0.1) is 6.54 Å². The molecule has 0 bridgehead atoms. The second-order valence-corrected chi connectivity index (χ2v) is 7.44. The second kappa shape index (κ2) is 11.9. The smallest absolute Gasteiger partial charge is 0.191 e. The number of aliphatic imine (C=N–C) groups is 1. The third-order valence-corrected chi connectivity index (χ3v) is 5.10. The Morgan fingerprint density at radius 3 is 2.38 bits per heavy atom. The maximum Gasteiger partial charge on any atom is 0.191 e. The van der Waals surface area contributed by atoms with Crippen molar-refractivity contribution >= 4 is 35.6 Å². The number of nitrogens with zero attached hydrogens (tertiary/aromatic N) is 2. The van der Waals surface area contributed by atoms with Crippen LogP contribution in [-0.2, 0) is 0 Å². The van der Waals surface area contributed by atoms with Gasteiger partial charge in [0.25, 0.3) is 0 Å². The highest BCUT2D eigenvalue weighted by Crippen LogP contribution is 2.19. The molecule has 1 fully saturated rings. The third-order valence-electron chi connectivity index (χ3n) is 5.10. The number of aryl methyl sites for hydroxylation is 1. The van der Waals surface area contributed by atoms with Crippen molar-refractivity contribution in [1.82, 2.24) is 10.6 Å². The average Bonchev–Trinajstić information content (AvgIpc) is 2.74. The Morgan fingerprint density at radius 2 is 1.76 bits per heavy atom. The number of ether oxygens (including phenoxy) is 1. The van der Waals surface area contributed by atoms with E-state index in [0.29, 0.717) is 12.6 Å². The lowest BCUT2D eigenvalue weighted by Crippen LogP contribution is -2.50. The van der Waals surface area contributed by atoms with Crippen LogP contribution < -0.4 is 20.3 Å². The summed E-state index contributed by atoms with van der Waals surface area (Å²) in [4.78, 5) is 6.83. The second-order valence-electron chi connectivity index (χ2n) is 7.44. The number of para-hydroxylation sites is 1. The first-order valence-corrected chi connectivity index (χ1v) is 10.1. The summed E-state index contributed by atoms with van der Waals surface area (Å²) in [7, 11) is 1.82. The number of nitrogens with one attached hydrogen (secondary N) is 2. The summed E-state index contributed by atoms with van der Waals surface area (Å²) in [6.45, 7) is 6.97. The van der Waals surface area contributed by atoms with Crippen molar-refractivity contribution in [3.05, 3.63) is 60.2 Å². The average molecular weight is 508 g/mol. The van der Waals surface area contributed by atoms with E-state index in [1.165, 1.54) is 11.3 Å². The van der Waals surface area contributed by atoms with E-state index in [0.717, 1.165) is 37.6 Å². The highest BCUT2D eigenvalue weighted by Gasteiger charge is 2.20. The van der Waals surface area contributed by atoms with E-state index >= 15 is 0 Å². The minimum Gasteiger partial charge on any atom is -0.489 e. The van der Waals surface area contributed by atoms with Gasteiger partial charge in [0.15, 0.2) is 5.96 Å². The monoisotopic (exact) mass is 508 g/mol. The molecular formula is C23H33IN4O. The number of piperidine rings is 1. The molecule has 2 aromatic rings. The predicted octanol–water partition coefficient (Wildman–Crippen LogP) is 4.21. The maximum absolute atomic E-state index is 5.97. The molecule has 0 amide bonds. The molecule has 1 aliphatic rings. The molecule has 0 aliphatic carbocycles. The molecule has 1 aliphatic heterocycles. The van der Waals surface area contributed by atoms with E-state index in [1.54, 1.807) is 0 Å². The minimum atomic E-state index is 0. The topological polar surface area (TPSA) is 48.9 Å². The van der Waals surface area contributed by atoms with Crippen LogP contribution in [-0.4, -0.2) is 44.8 Å². The lowest BCUT2D eigenvalue weighted by atomic mass is 10.0. The molecule has 1 saturated heterocycles. The van der Waals surface area contributed by atoms with Crippen LogP contribution in [0.15, 0.2) is 59.6 Å². The number of benzene rings is 2. The summed E-state index contributed by atoms with van der Waals surface area (Å²) in [6, 6.07) is 19.2. The first-order chi connectivity index (χ1) is 13.6. The van der Waals surface area contributed by atoms with Gasteiger partial charge in [0.1, 0.15) is 11.9 Å².